The van der Waals surface area contributed by atoms with Crippen molar-refractivity contribution in [2.45, 2.75) is 77.2 Å². The molecule has 0 saturated heterocycles. The van der Waals surface area contributed by atoms with E-state index in [0.717, 1.165) is 19.3 Å². The molecule has 0 fully saturated rings. The van der Waals surface area contributed by atoms with Crippen molar-refractivity contribution >= 4 is 17.8 Å². The van der Waals surface area contributed by atoms with Crippen LogP contribution < -0.4 is 29.6 Å². The van der Waals surface area contributed by atoms with E-state index in [1.165, 1.54) is 44.9 Å². The summed E-state index contributed by atoms with van der Waals surface area (Å²) < 4.78 is 0. The van der Waals surface area contributed by atoms with Crippen molar-refractivity contribution in [3.63, 3.8) is 0 Å². The Morgan fingerprint density at radius 2 is 1.54 bits per heavy atom. The first kappa shape index (κ1) is 23.4. The zero-order chi connectivity index (χ0) is 17.1. The average molecular weight is 350 g/mol. The molecule has 0 aromatic rings. The Labute approximate surface area is 168 Å². The van der Waals surface area contributed by atoms with Crippen LogP contribution in [0.2, 0.25) is 0 Å². The van der Waals surface area contributed by atoms with Crippen molar-refractivity contribution in [1.29, 1.82) is 0 Å². The number of aliphatic imine (C=N–C) groups is 1. The third kappa shape index (κ3) is 9.04. The number of rotatable bonds is 13. The molecule has 24 heavy (non-hydrogen) atoms. The summed E-state index contributed by atoms with van der Waals surface area (Å²) in [5.41, 5.74) is 0. The molecule has 2 N–H and O–H groups in total. The summed E-state index contributed by atoms with van der Waals surface area (Å²) >= 11 is 0. The smallest absolute Gasteiger partial charge is 1.00 e. The Morgan fingerprint density at radius 3 is 2.00 bits per heavy atom. The summed E-state index contributed by atoms with van der Waals surface area (Å²) in [5.74, 6) is -2.30. The fraction of sp³-hybridized carbons (Fsp3) is 0.824. The Morgan fingerprint density at radius 1 is 1.04 bits per heavy atom. The summed E-state index contributed by atoms with van der Waals surface area (Å²) in [6.45, 7) is 2.97. The van der Waals surface area contributed by atoms with Crippen molar-refractivity contribution < 1.29 is 50.8 Å². The summed E-state index contributed by atoms with van der Waals surface area (Å²) in [4.78, 5) is 27.4. The van der Waals surface area contributed by atoms with Gasteiger partial charge >= 0.3 is 41.5 Å². The van der Waals surface area contributed by atoms with Crippen LogP contribution in [0.4, 0.5) is 0 Å². The molecular weight excluding hydrogens is 319 g/mol. The second-order valence-electron chi connectivity index (χ2n) is 6.24. The number of aliphatic carboxylic acids is 2. The Bertz CT molecular complexity index is 421. The van der Waals surface area contributed by atoms with Gasteiger partial charge in [0.05, 0.1) is 6.54 Å². The third-order valence-electron chi connectivity index (χ3n) is 4.23. The van der Waals surface area contributed by atoms with Gasteiger partial charge in [-0.05, 0) is 6.42 Å². The maximum atomic E-state index is 11.1. The number of amidine groups is 1. The molecule has 1 aliphatic rings. The Kier molecular flexibility index (Phi) is 13.3. The van der Waals surface area contributed by atoms with Crippen LogP contribution in [-0.4, -0.2) is 52.0 Å². The molecule has 1 heterocycles. The largest absolute Gasteiger partial charge is 1.00 e. The first-order valence-corrected chi connectivity index (χ1v) is 8.85. The molecule has 0 amide bonds. The molecule has 1 aliphatic heterocycles. The van der Waals surface area contributed by atoms with Crippen LogP contribution in [0.5, 0.6) is 0 Å². The van der Waals surface area contributed by atoms with E-state index in [9.17, 15) is 9.59 Å². The van der Waals surface area contributed by atoms with E-state index in [1.807, 2.05) is 0 Å². The van der Waals surface area contributed by atoms with Gasteiger partial charge in [0, 0.05) is 6.54 Å². The second-order valence-corrected chi connectivity index (χ2v) is 6.24. The van der Waals surface area contributed by atoms with Gasteiger partial charge in [-0.15, -0.1) is 0 Å². The van der Waals surface area contributed by atoms with Crippen LogP contribution in [0.1, 0.15) is 72.6 Å². The average Bonchev–Trinajstić information content (AvgIpc) is 2.94. The molecule has 0 spiro atoms. The molecular formula is C17H31N2NaO4. The van der Waals surface area contributed by atoms with Gasteiger partial charge in [0.25, 0.3) is 0 Å². The zero-order valence-corrected chi connectivity index (χ0v) is 17.2. The molecule has 0 radical (unpaired) electrons. The van der Waals surface area contributed by atoms with Gasteiger partial charge < -0.3 is 16.5 Å². The monoisotopic (exact) mass is 350 g/mol. The van der Waals surface area contributed by atoms with Crippen molar-refractivity contribution in [3.05, 3.63) is 0 Å². The summed E-state index contributed by atoms with van der Waals surface area (Å²) in [7, 11) is 0. The number of carbonyl (C=O) groups is 2. The normalized spacial score (nSPS) is 16.6. The predicted molar refractivity (Wildman–Crippen MR) is 91.0 cm³/mol. The van der Waals surface area contributed by atoms with Gasteiger partial charge in [0.1, 0.15) is 0 Å². The number of carboxylic acid groups (broad SMARTS) is 2. The molecule has 0 saturated carbocycles. The minimum atomic E-state index is -1.14. The molecule has 0 aromatic heterocycles. The summed E-state index contributed by atoms with van der Waals surface area (Å²) in [5, 5.41) is 18.0. The van der Waals surface area contributed by atoms with E-state index >= 15 is 0 Å². The third-order valence-corrected chi connectivity index (χ3v) is 4.23. The molecule has 134 valence electrons. The maximum absolute atomic E-state index is 11.1. The van der Waals surface area contributed by atoms with Crippen LogP contribution in [0.25, 0.3) is 0 Å². The quantitative estimate of drug-likeness (QED) is 0.368. The maximum Gasteiger partial charge on any atom is 1.00 e. The SMILES string of the molecule is CCCCCCCCCCCCN1CC(C(=O)O)N=C1C(=O)O.[H-].[Na+]. The number of hydrogen-bond donors (Lipinski definition) is 2. The van der Waals surface area contributed by atoms with Crippen LogP contribution >= 0.6 is 0 Å². The molecule has 0 bridgehead atoms. The fourth-order valence-corrected chi connectivity index (χ4v) is 2.88. The zero-order valence-electron chi connectivity index (χ0n) is 16.2. The number of nitrogens with zero attached hydrogens (tertiary/aromatic N) is 2. The molecule has 1 atom stereocenters. The van der Waals surface area contributed by atoms with E-state index in [2.05, 4.69) is 11.9 Å². The van der Waals surface area contributed by atoms with Gasteiger partial charge in [0.2, 0.25) is 5.84 Å². The molecule has 0 aliphatic carbocycles. The number of unbranched alkanes of at least 4 members (excludes halogenated alkanes) is 9. The van der Waals surface area contributed by atoms with Gasteiger partial charge in [-0.1, -0.05) is 64.7 Å². The molecule has 1 rings (SSSR count). The fourth-order valence-electron chi connectivity index (χ4n) is 2.88. The van der Waals surface area contributed by atoms with Crippen LogP contribution in [-0.2, 0) is 9.59 Å². The van der Waals surface area contributed by atoms with E-state index in [1.54, 1.807) is 4.90 Å². The van der Waals surface area contributed by atoms with Crippen LogP contribution in [0.15, 0.2) is 4.99 Å². The minimum Gasteiger partial charge on any atom is -1.00 e. The van der Waals surface area contributed by atoms with Gasteiger partial charge in [0.15, 0.2) is 6.04 Å². The molecule has 1 unspecified atom stereocenters. The Balaban J connectivity index is 0. The van der Waals surface area contributed by atoms with Crippen molar-refractivity contribution in [2.75, 3.05) is 13.1 Å². The number of carboxylic acids is 2. The van der Waals surface area contributed by atoms with E-state index in [4.69, 9.17) is 10.2 Å². The number of hydrogen-bond acceptors (Lipinski definition) is 4. The van der Waals surface area contributed by atoms with Crippen molar-refractivity contribution in [3.8, 4) is 0 Å². The van der Waals surface area contributed by atoms with E-state index < -0.39 is 18.0 Å². The van der Waals surface area contributed by atoms with Crippen LogP contribution in [0.3, 0.4) is 0 Å². The first-order valence-electron chi connectivity index (χ1n) is 8.85. The molecule has 6 nitrogen and oxygen atoms in total. The summed E-state index contributed by atoms with van der Waals surface area (Å²) in [6, 6.07) is -0.941. The summed E-state index contributed by atoms with van der Waals surface area (Å²) in [6.07, 6.45) is 12.2. The van der Waals surface area contributed by atoms with Crippen molar-refractivity contribution in [1.82, 2.24) is 4.90 Å². The predicted octanol–water partition coefficient (Wildman–Crippen LogP) is 0.276. The first-order chi connectivity index (χ1) is 11.1. The molecule has 7 heteroatoms. The van der Waals surface area contributed by atoms with Crippen LogP contribution in [0, 0.1) is 0 Å². The minimum absolute atomic E-state index is 0. The van der Waals surface area contributed by atoms with Gasteiger partial charge in [-0.3, -0.25) is 0 Å². The van der Waals surface area contributed by atoms with E-state index in [0.29, 0.717) is 6.54 Å². The van der Waals surface area contributed by atoms with E-state index in [-0.39, 0.29) is 43.4 Å². The van der Waals surface area contributed by atoms with Gasteiger partial charge in [-0.25, -0.2) is 14.6 Å². The van der Waals surface area contributed by atoms with Crippen molar-refractivity contribution in [2.24, 2.45) is 4.99 Å². The Hall–Kier alpha value is -0.590. The second kappa shape index (κ2) is 13.7. The topological polar surface area (TPSA) is 90.2 Å². The standard InChI is InChI=1S/C17H30N2O4.Na.H/c1-2-3-4-5-6-7-8-9-10-11-12-19-13-14(16(20)21)18-15(19)17(22)23;;/h14H,2-13H2,1H3,(H,20,21)(H,22,23);;/q;+1;-1. The van der Waals surface area contributed by atoms with Gasteiger partial charge in [-0.2, -0.15) is 0 Å². The molecule has 0 aromatic carbocycles.